The van der Waals surface area contributed by atoms with Crippen LogP contribution in [0, 0.1) is 13.8 Å². The fourth-order valence-electron chi connectivity index (χ4n) is 2.93. The van der Waals surface area contributed by atoms with E-state index in [1.807, 2.05) is 22.9 Å². The Morgan fingerprint density at radius 3 is 2.87 bits per heavy atom. The highest BCUT2D eigenvalue weighted by atomic mass is 16.3. The summed E-state index contributed by atoms with van der Waals surface area (Å²) >= 11 is 0. The molecule has 3 aromatic rings. The third-order valence-electron chi connectivity index (χ3n) is 4.30. The SMILES string of the molecule is Cc1c(C)n(CCCO)c2nc[n+](Cc3cccnc3)c(N)c12. The van der Waals surface area contributed by atoms with Crippen molar-refractivity contribution in [3.63, 3.8) is 0 Å². The molecule has 3 aromatic heterocycles. The highest BCUT2D eigenvalue weighted by molar-refractivity contribution is 5.89. The van der Waals surface area contributed by atoms with E-state index in [1.165, 1.54) is 0 Å². The van der Waals surface area contributed by atoms with Crippen molar-refractivity contribution in [1.29, 1.82) is 0 Å². The first-order valence-corrected chi connectivity index (χ1v) is 7.76. The molecule has 3 heterocycles. The average molecular weight is 312 g/mol. The molecule has 0 aliphatic heterocycles. The van der Waals surface area contributed by atoms with Crippen molar-refractivity contribution >= 4 is 16.9 Å². The van der Waals surface area contributed by atoms with Crippen molar-refractivity contribution in [2.24, 2.45) is 0 Å². The molecule has 0 aliphatic carbocycles. The normalized spacial score (nSPS) is 11.3. The van der Waals surface area contributed by atoms with Crippen molar-refractivity contribution in [2.45, 2.75) is 33.4 Å². The number of anilines is 1. The highest BCUT2D eigenvalue weighted by Crippen LogP contribution is 2.26. The second-order valence-corrected chi connectivity index (χ2v) is 5.76. The molecule has 0 fully saturated rings. The Kier molecular flexibility index (Phi) is 4.25. The molecule has 23 heavy (non-hydrogen) atoms. The first-order chi connectivity index (χ1) is 11.1. The van der Waals surface area contributed by atoms with Crippen LogP contribution in [0.4, 0.5) is 5.82 Å². The Balaban J connectivity index is 2.07. The summed E-state index contributed by atoms with van der Waals surface area (Å²) in [5.41, 5.74) is 10.7. The molecule has 0 saturated carbocycles. The highest BCUT2D eigenvalue weighted by Gasteiger charge is 2.21. The number of nitrogen functional groups attached to an aromatic ring is 1. The quantitative estimate of drug-likeness (QED) is 0.697. The van der Waals surface area contributed by atoms with E-state index in [-0.39, 0.29) is 6.61 Å². The van der Waals surface area contributed by atoms with Gasteiger partial charge in [0.05, 0.1) is 6.54 Å². The van der Waals surface area contributed by atoms with Crippen LogP contribution in [0.25, 0.3) is 11.0 Å². The van der Waals surface area contributed by atoms with Gasteiger partial charge < -0.3 is 15.4 Å². The zero-order chi connectivity index (χ0) is 16.4. The number of hydrogen-bond acceptors (Lipinski definition) is 4. The third kappa shape index (κ3) is 2.77. The molecular formula is C17H22N5O+. The molecule has 0 atom stereocenters. The summed E-state index contributed by atoms with van der Waals surface area (Å²) in [5.74, 6) is 0.710. The molecule has 0 saturated heterocycles. The van der Waals surface area contributed by atoms with Crippen LogP contribution in [0.2, 0.25) is 0 Å². The van der Waals surface area contributed by atoms with Crippen molar-refractivity contribution in [3.8, 4) is 0 Å². The summed E-state index contributed by atoms with van der Waals surface area (Å²) in [5, 5.41) is 10.1. The summed E-state index contributed by atoms with van der Waals surface area (Å²) in [6, 6.07) is 3.94. The van der Waals surface area contributed by atoms with E-state index in [4.69, 9.17) is 10.8 Å². The van der Waals surface area contributed by atoms with Gasteiger partial charge in [0.1, 0.15) is 5.39 Å². The van der Waals surface area contributed by atoms with Crippen LogP contribution in [-0.2, 0) is 13.1 Å². The van der Waals surface area contributed by atoms with Crippen LogP contribution in [0.15, 0.2) is 30.9 Å². The molecule has 0 spiro atoms. The Morgan fingerprint density at radius 2 is 2.17 bits per heavy atom. The van der Waals surface area contributed by atoms with Crippen LogP contribution in [0.5, 0.6) is 0 Å². The number of aromatic nitrogens is 4. The number of fused-ring (bicyclic) bond motifs is 1. The summed E-state index contributed by atoms with van der Waals surface area (Å²) in [4.78, 5) is 8.76. The van der Waals surface area contributed by atoms with Crippen LogP contribution >= 0.6 is 0 Å². The van der Waals surface area contributed by atoms with Crippen molar-refractivity contribution in [1.82, 2.24) is 14.5 Å². The van der Waals surface area contributed by atoms with E-state index in [2.05, 4.69) is 28.4 Å². The standard InChI is InChI=1S/C17H21N5O/c1-12-13(2)22(7-4-8-23)17-15(12)16(18)21(11-20-17)10-14-5-3-6-19-9-14/h3,5-6,9,11,18,23H,4,7-8,10H2,1-2H3/p+1. The van der Waals surface area contributed by atoms with Gasteiger partial charge in [-0.2, -0.15) is 0 Å². The molecule has 6 heteroatoms. The van der Waals surface area contributed by atoms with Gasteiger partial charge in [0.2, 0.25) is 17.8 Å². The molecule has 6 nitrogen and oxygen atoms in total. The number of pyridine rings is 1. The monoisotopic (exact) mass is 312 g/mol. The number of rotatable bonds is 5. The number of hydrogen-bond donors (Lipinski definition) is 2. The number of aliphatic hydroxyl groups excluding tert-OH is 1. The van der Waals surface area contributed by atoms with Crippen LogP contribution in [0.1, 0.15) is 23.2 Å². The number of nitrogens with two attached hydrogens (primary N) is 1. The second-order valence-electron chi connectivity index (χ2n) is 5.76. The minimum Gasteiger partial charge on any atom is -0.396 e. The van der Waals surface area contributed by atoms with Gasteiger partial charge in [0, 0.05) is 36.8 Å². The largest absolute Gasteiger partial charge is 0.396 e. The lowest BCUT2D eigenvalue weighted by molar-refractivity contribution is -0.675. The number of aryl methyl sites for hydroxylation is 2. The topological polar surface area (TPSA) is 80.8 Å². The average Bonchev–Trinajstić information content (AvgIpc) is 2.81. The fourth-order valence-corrected chi connectivity index (χ4v) is 2.93. The molecule has 0 bridgehead atoms. The van der Waals surface area contributed by atoms with E-state index in [9.17, 15) is 0 Å². The predicted molar refractivity (Wildman–Crippen MR) is 88.9 cm³/mol. The van der Waals surface area contributed by atoms with E-state index in [1.54, 1.807) is 12.5 Å². The lowest BCUT2D eigenvalue weighted by Crippen LogP contribution is -2.38. The van der Waals surface area contributed by atoms with Crippen molar-refractivity contribution in [2.75, 3.05) is 12.3 Å². The summed E-state index contributed by atoms with van der Waals surface area (Å²) < 4.78 is 4.08. The Labute approximate surface area is 135 Å². The van der Waals surface area contributed by atoms with Crippen LogP contribution in [-0.4, -0.2) is 26.2 Å². The summed E-state index contributed by atoms with van der Waals surface area (Å²) in [6.07, 6.45) is 6.07. The van der Waals surface area contributed by atoms with Crippen LogP contribution < -0.4 is 10.3 Å². The molecule has 0 unspecified atom stereocenters. The molecule has 3 rings (SSSR count). The second kappa shape index (κ2) is 6.34. The van der Waals surface area contributed by atoms with Crippen molar-refractivity contribution in [3.05, 3.63) is 47.7 Å². The van der Waals surface area contributed by atoms with Gasteiger partial charge in [-0.05, 0) is 31.9 Å². The minimum absolute atomic E-state index is 0.168. The van der Waals surface area contributed by atoms with Gasteiger partial charge in [0.25, 0.3) is 0 Å². The van der Waals surface area contributed by atoms with Gasteiger partial charge >= 0.3 is 0 Å². The predicted octanol–water partition coefficient (Wildman–Crippen LogP) is 1.35. The van der Waals surface area contributed by atoms with Gasteiger partial charge in [-0.3, -0.25) is 4.98 Å². The Hall–Kier alpha value is -2.47. The molecular weight excluding hydrogens is 290 g/mol. The molecule has 3 N–H and O–H groups in total. The molecule has 0 aliphatic rings. The lowest BCUT2D eigenvalue weighted by Gasteiger charge is -2.06. The van der Waals surface area contributed by atoms with Gasteiger partial charge in [-0.25, -0.2) is 4.57 Å². The number of aliphatic hydroxyl groups is 1. The zero-order valence-electron chi connectivity index (χ0n) is 13.5. The molecule has 0 radical (unpaired) electrons. The smallest absolute Gasteiger partial charge is 0.232 e. The zero-order valence-corrected chi connectivity index (χ0v) is 13.5. The molecule has 0 amide bonds. The van der Waals surface area contributed by atoms with Gasteiger partial charge in [0.15, 0.2) is 0 Å². The summed E-state index contributed by atoms with van der Waals surface area (Å²) in [7, 11) is 0. The molecule has 120 valence electrons. The Morgan fingerprint density at radius 1 is 1.35 bits per heavy atom. The van der Waals surface area contributed by atoms with E-state index >= 15 is 0 Å². The fraction of sp³-hybridized carbons (Fsp3) is 0.353. The molecule has 0 aromatic carbocycles. The lowest BCUT2D eigenvalue weighted by atomic mass is 10.2. The minimum atomic E-state index is 0.168. The Bertz CT molecular complexity index is 826. The van der Waals surface area contributed by atoms with E-state index < -0.39 is 0 Å². The van der Waals surface area contributed by atoms with Crippen LogP contribution in [0.3, 0.4) is 0 Å². The van der Waals surface area contributed by atoms with Gasteiger partial charge in [-0.15, -0.1) is 0 Å². The van der Waals surface area contributed by atoms with Crippen molar-refractivity contribution < 1.29 is 9.67 Å². The van der Waals surface area contributed by atoms with E-state index in [0.717, 1.165) is 34.4 Å². The summed E-state index contributed by atoms with van der Waals surface area (Å²) in [6.45, 7) is 5.69. The first-order valence-electron chi connectivity index (χ1n) is 7.76. The maximum absolute atomic E-state index is 9.09. The maximum Gasteiger partial charge on any atom is 0.232 e. The third-order valence-corrected chi connectivity index (χ3v) is 4.30. The van der Waals surface area contributed by atoms with E-state index in [0.29, 0.717) is 18.8 Å². The maximum atomic E-state index is 9.09. The van der Waals surface area contributed by atoms with Gasteiger partial charge in [-0.1, -0.05) is 11.1 Å². The number of nitrogens with zero attached hydrogens (tertiary/aromatic N) is 4. The first kappa shape index (κ1) is 15.4.